The number of pyridine rings is 1. The number of carboxylic acid groups (broad SMARTS) is 1. The lowest BCUT2D eigenvalue weighted by Gasteiger charge is -2.23. The molecule has 0 spiro atoms. The fourth-order valence-electron chi connectivity index (χ4n) is 1.28. The Kier molecular flexibility index (Phi) is 4.36. The fraction of sp³-hybridized carbons (Fsp3) is 0.417. The quantitative estimate of drug-likeness (QED) is 0.833. The molecule has 1 heterocycles. The number of aliphatic carboxylic acids is 1. The molecule has 98 valence electrons. The van der Waals surface area contributed by atoms with Crippen LogP contribution in [0, 0.1) is 11.2 Å². The van der Waals surface area contributed by atoms with E-state index < -0.39 is 23.1 Å². The summed E-state index contributed by atoms with van der Waals surface area (Å²) in [4.78, 5) is 26.2. The van der Waals surface area contributed by atoms with Gasteiger partial charge in [-0.15, -0.1) is 0 Å². The average molecular weight is 254 g/mol. The van der Waals surface area contributed by atoms with E-state index in [0.717, 1.165) is 6.20 Å². The molecule has 0 aromatic carbocycles. The maximum Gasteiger partial charge on any atom is 0.311 e. The first kappa shape index (κ1) is 14.1. The number of aromatic nitrogens is 1. The summed E-state index contributed by atoms with van der Waals surface area (Å²) in [6.45, 7) is 3.19. The smallest absolute Gasteiger partial charge is 0.311 e. The van der Waals surface area contributed by atoms with Gasteiger partial charge in [0.1, 0.15) is 0 Å². The van der Waals surface area contributed by atoms with E-state index in [1.807, 2.05) is 0 Å². The van der Waals surface area contributed by atoms with Gasteiger partial charge in [0.05, 0.1) is 17.2 Å². The van der Waals surface area contributed by atoms with E-state index >= 15 is 0 Å². The van der Waals surface area contributed by atoms with Crippen molar-refractivity contribution < 1.29 is 19.1 Å². The molecule has 0 aliphatic rings. The normalized spacial score (nSPS) is 13.7. The minimum absolute atomic E-state index is 0.0561. The molecule has 6 heteroatoms. The maximum absolute atomic E-state index is 13.3. The number of halogens is 1. The van der Waals surface area contributed by atoms with Crippen molar-refractivity contribution in [3.63, 3.8) is 0 Å². The highest BCUT2D eigenvalue weighted by atomic mass is 19.1. The molecule has 0 fully saturated rings. The van der Waals surface area contributed by atoms with Gasteiger partial charge in [0.15, 0.2) is 5.82 Å². The van der Waals surface area contributed by atoms with Gasteiger partial charge in [-0.25, -0.2) is 4.39 Å². The van der Waals surface area contributed by atoms with Gasteiger partial charge in [0.2, 0.25) is 0 Å². The Bertz CT molecular complexity index is 464. The first-order valence-corrected chi connectivity index (χ1v) is 5.52. The van der Waals surface area contributed by atoms with Crippen LogP contribution in [0.4, 0.5) is 4.39 Å². The SMILES string of the molecule is CCC(C)(CNC(=O)c1ccncc1F)C(=O)O. The molecule has 2 N–H and O–H groups in total. The zero-order valence-corrected chi connectivity index (χ0v) is 10.2. The van der Waals surface area contributed by atoms with Crippen LogP contribution in [0.5, 0.6) is 0 Å². The topological polar surface area (TPSA) is 79.3 Å². The second-order valence-corrected chi connectivity index (χ2v) is 4.26. The monoisotopic (exact) mass is 254 g/mol. The zero-order chi connectivity index (χ0) is 13.8. The number of rotatable bonds is 5. The number of nitrogens with zero attached hydrogens (tertiary/aromatic N) is 1. The summed E-state index contributed by atoms with van der Waals surface area (Å²) < 4.78 is 13.3. The van der Waals surface area contributed by atoms with Crippen LogP contribution in [0.3, 0.4) is 0 Å². The van der Waals surface area contributed by atoms with E-state index in [4.69, 9.17) is 5.11 Å². The molecule has 1 rings (SSSR count). The van der Waals surface area contributed by atoms with Crippen molar-refractivity contribution in [2.75, 3.05) is 6.54 Å². The summed E-state index contributed by atoms with van der Waals surface area (Å²) in [5, 5.41) is 11.5. The Hall–Kier alpha value is -1.98. The lowest BCUT2D eigenvalue weighted by Crippen LogP contribution is -2.40. The van der Waals surface area contributed by atoms with Gasteiger partial charge in [0, 0.05) is 12.7 Å². The predicted octanol–water partition coefficient (Wildman–Crippen LogP) is 1.45. The molecular formula is C12H15FN2O3. The third-order valence-corrected chi connectivity index (χ3v) is 2.95. The molecule has 1 amide bonds. The first-order chi connectivity index (χ1) is 8.40. The number of hydrogen-bond donors (Lipinski definition) is 2. The number of carbonyl (C=O) groups excluding carboxylic acids is 1. The number of carboxylic acids is 1. The van der Waals surface area contributed by atoms with Gasteiger partial charge < -0.3 is 10.4 Å². The molecule has 1 atom stereocenters. The number of hydrogen-bond acceptors (Lipinski definition) is 3. The summed E-state index contributed by atoms with van der Waals surface area (Å²) >= 11 is 0. The average Bonchev–Trinajstić information content (AvgIpc) is 2.35. The van der Waals surface area contributed by atoms with Gasteiger partial charge in [-0.3, -0.25) is 14.6 Å². The van der Waals surface area contributed by atoms with Crippen LogP contribution in [0.2, 0.25) is 0 Å². The third kappa shape index (κ3) is 3.03. The van der Waals surface area contributed by atoms with Crippen LogP contribution in [-0.2, 0) is 4.79 Å². The molecule has 0 aliphatic carbocycles. The van der Waals surface area contributed by atoms with Crippen molar-refractivity contribution in [2.24, 2.45) is 5.41 Å². The van der Waals surface area contributed by atoms with E-state index in [9.17, 15) is 14.0 Å². The van der Waals surface area contributed by atoms with Crippen LogP contribution in [-0.4, -0.2) is 28.5 Å². The van der Waals surface area contributed by atoms with Crippen LogP contribution >= 0.6 is 0 Å². The van der Waals surface area contributed by atoms with Crippen molar-refractivity contribution >= 4 is 11.9 Å². The molecule has 1 aromatic heterocycles. The van der Waals surface area contributed by atoms with E-state index in [0.29, 0.717) is 6.42 Å². The van der Waals surface area contributed by atoms with Crippen molar-refractivity contribution in [1.29, 1.82) is 0 Å². The largest absolute Gasteiger partial charge is 0.481 e. The molecule has 18 heavy (non-hydrogen) atoms. The number of carbonyl (C=O) groups is 2. The molecule has 0 bridgehead atoms. The lowest BCUT2D eigenvalue weighted by molar-refractivity contribution is -0.147. The van der Waals surface area contributed by atoms with Gasteiger partial charge >= 0.3 is 5.97 Å². The standard InChI is InChI=1S/C12H15FN2O3/c1-3-12(2,11(17)18)7-15-10(16)8-4-5-14-6-9(8)13/h4-6H,3,7H2,1-2H3,(H,15,16)(H,17,18). The minimum atomic E-state index is -1.06. The van der Waals surface area contributed by atoms with Crippen molar-refractivity contribution in [2.45, 2.75) is 20.3 Å². The van der Waals surface area contributed by atoms with Crippen LogP contribution < -0.4 is 5.32 Å². The summed E-state index contributed by atoms with van der Waals surface area (Å²) in [5.41, 5.74) is -1.20. The van der Waals surface area contributed by atoms with Crippen LogP contribution in [0.25, 0.3) is 0 Å². The summed E-state index contributed by atoms with van der Waals surface area (Å²) in [6, 6.07) is 1.24. The highest BCUT2D eigenvalue weighted by Gasteiger charge is 2.31. The molecule has 0 saturated carbocycles. The first-order valence-electron chi connectivity index (χ1n) is 5.52. The minimum Gasteiger partial charge on any atom is -0.481 e. The van der Waals surface area contributed by atoms with E-state index in [1.165, 1.54) is 19.2 Å². The number of amides is 1. The molecule has 1 unspecified atom stereocenters. The number of nitrogens with one attached hydrogen (secondary N) is 1. The van der Waals surface area contributed by atoms with Gasteiger partial charge in [-0.05, 0) is 19.4 Å². The van der Waals surface area contributed by atoms with Gasteiger partial charge in [0.25, 0.3) is 5.91 Å². The molecule has 5 nitrogen and oxygen atoms in total. The van der Waals surface area contributed by atoms with Crippen molar-refractivity contribution in [3.05, 3.63) is 29.8 Å². The van der Waals surface area contributed by atoms with Crippen LogP contribution in [0.15, 0.2) is 18.5 Å². The van der Waals surface area contributed by atoms with Crippen molar-refractivity contribution in [1.82, 2.24) is 10.3 Å². The second kappa shape index (κ2) is 5.57. The van der Waals surface area contributed by atoms with Gasteiger partial charge in [-0.2, -0.15) is 0 Å². The van der Waals surface area contributed by atoms with E-state index in [2.05, 4.69) is 10.3 Å². The van der Waals surface area contributed by atoms with E-state index in [1.54, 1.807) is 6.92 Å². The molecular weight excluding hydrogens is 239 g/mol. The molecule has 0 saturated heterocycles. The summed E-state index contributed by atoms with van der Waals surface area (Å²) in [7, 11) is 0. The van der Waals surface area contributed by atoms with E-state index in [-0.39, 0.29) is 12.1 Å². The Morgan fingerprint density at radius 1 is 1.56 bits per heavy atom. The fourth-order valence-corrected chi connectivity index (χ4v) is 1.28. The summed E-state index contributed by atoms with van der Waals surface area (Å²) in [5.74, 6) is -2.38. The highest BCUT2D eigenvalue weighted by Crippen LogP contribution is 2.20. The van der Waals surface area contributed by atoms with Crippen molar-refractivity contribution in [3.8, 4) is 0 Å². The maximum atomic E-state index is 13.3. The van der Waals surface area contributed by atoms with Gasteiger partial charge in [-0.1, -0.05) is 6.92 Å². The van der Waals surface area contributed by atoms with Crippen LogP contribution in [0.1, 0.15) is 30.6 Å². The lowest BCUT2D eigenvalue weighted by atomic mass is 9.87. The summed E-state index contributed by atoms with van der Waals surface area (Å²) in [6.07, 6.45) is 2.60. The molecule has 0 radical (unpaired) electrons. The Morgan fingerprint density at radius 3 is 2.72 bits per heavy atom. The zero-order valence-electron chi connectivity index (χ0n) is 10.2. The highest BCUT2D eigenvalue weighted by molar-refractivity contribution is 5.94. The Balaban J connectivity index is 2.73. The predicted molar refractivity (Wildman–Crippen MR) is 62.6 cm³/mol. The Labute approximate surface area is 104 Å². The second-order valence-electron chi connectivity index (χ2n) is 4.26. The molecule has 1 aromatic rings. The Morgan fingerprint density at radius 2 is 2.22 bits per heavy atom. The molecule has 0 aliphatic heterocycles. The third-order valence-electron chi connectivity index (χ3n) is 2.95.